The monoisotopic (exact) mass is 697 g/mol. The predicted molar refractivity (Wildman–Crippen MR) is 207 cm³/mol. The van der Waals surface area contributed by atoms with E-state index >= 15 is 0 Å². The number of amides is 3. The summed E-state index contributed by atoms with van der Waals surface area (Å²) >= 11 is 0. The lowest BCUT2D eigenvalue weighted by molar-refractivity contribution is -0.134. The molecule has 0 aliphatic carbocycles. The zero-order valence-electron chi connectivity index (χ0n) is 31.8. The van der Waals surface area contributed by atoms with Gasteiger partial charge in [0.25, 0.3) is 11.8 Å². The molecule has 1 aliphatic heterocycles. The molecule has 0 atom stereocenters. The predicted octanol–water partition coefficient (Wildman–Crippen LogP) is 9.58. The molecule has 0 saturated heterocycles. The van der Waals surface area contributed by atoms with E-state index in [0.29, 0.717) is 48.3 Å². The standard InChI is InChI=1S/C43H59N3O5/c1-7-9-11-12-13-14-15-16-17-21-38(48)51-36-28-30(3)27-31(4)40(36)43(5,6)29-37(47)45-25-24-44-35-23-22-34-39-32(35)19-18-20-33(39)41(49)46(42(34)50)26-10-8-2/h18-20,22-23,27-28,44H,7-17,21,24-26,29H2,1-6H3,(H,45,47). The number of hydrogen-bond acceptors (Lipinski definition) is 6. The first kappa shape index (κ1) is 39.6. The number of carbonyl (C=O) groups excluding carboxylic acids is 4. The summed E-state index contributed by atoms with van der Waals surface area (Å²) < 4.78 is 5.97. The Labute approximate surface area is 305 Å². The minimum absolute atomic E-state index is 0.103. The molecular formula is C43H59N3O5. The Kier molecular flexibility index (Phi) is 14.6. The summed E-state index contributed by atoms with van der Waals surface area (Å²) in [5.74, 6) is -0.287. The van der Waals surface area contributed by atoms with Gasteiger partial charge in [0, 0.05) is 71.0 Å². The van der Waals surface area contributed by atoms with Crippen molar-refractivity contribution in [3.05, 3.63) is 70.3 Å². The lowest BCUT2D eigenvalue weighted by atomic mass is 9.78. The van der Waals surface area contributed by atoms with Crippen LogP contribution >= 0.6 is 0 Å². The maximum absolute atomic E-state index is 13.3. The van der Waals surface area contributed by atoms with E-state index in [9.17, 15) is 19.2 Å². The van der Waals surface area contributed by atoms with Crippen molar-refractivity contribution in [3.8, 4) is 5.75 Å². The number of hydrogen-bond donors (Lipinski definition) is 2. The van der Waals surface area contributed by atoms with Crippen LogP contribution in [-0.2, 0) is 15.0 Å². The number of carbonyl (C=O) groups is 4. The number of benzene rings is 3. The molecule has 51 heavy (non-hydrogen) atoms. The van der Waals surface area contributed by atoms with Gasteiger partial charge in [0.05, 0.1) is 0 Å². The maximum Gasteiger partial charge on any atom is 0.311 e. The summed E-state index contributed by atoms with van der Waals surface area (Å²) in [5, 5.41) is 7.91. The lowest BCUT2D eigenvalue weighted by Crippen LogP contribution is -2.40. The van der Waals surface area contributed by atoms with Crippen LogP contribution in [0.1, 0.15) is 149 Å². The zero-order chi connectivity index (χ0) is 37.0. The highest BCUT2D eigenvalue weighted by atomic mass is 16.5. The fraction of sp³-hybridized carbons (Fsp3) is 0.535. The quantitative estimate of drug-likeness (QED) is 0.0497. The number of anilines is 1. The number of nitrogens with one attached hydrogen (secondary N) is 2. The Morgan fingerprint density at radius 1 is 0.784 bits per heavy atom. The van der Waals surface area contributed by atoms with Gasteiger partial charge in [-0.3, -0.25) is 24.1 Å². The van der Waals surface area contributed by atoms with Gasteiger partial charge < -0.3 is 15.4 Å². The van der Waals surface area contributed by atoms with Crippen LogP contribution in [0.5, 0.6) is 5.75 Å². The molecule has 0 spiro atoms. The van der Waals surface area contributed by atoms with Crippen molar-refractivity contribution in [2.45, 2.75) is 130 Å². The SMILES string of the molecule is CCCCCCCCCCCC(=O)Oc1cc(C)cc(C)c1C(C)(C)CC(=O)NCCNc1ccc2c3c(cccc13)C(=O)N(CCCC)C2=O. The normalized spacial score (nSPS) is 12.8. The Bertz CT molecular complexity index is 1670. The molecule has 0 aromatic heterocycles. The molecule has 1 aliphatic rings. The maximum atomic E-state index is 13.3. The van der Waals surface area contributed by atoms with Crippen LogP contribution < -0.4 is 15.4 Å². The van der Waals surface area contributed by atoms with Crippen molar-refractivity contribution in [2.24, 2.45) is 0 Å². The van der Waals surface area contributed by atoms with Gasteiger partial charge in [-0.1, -0.05) is 104 Å². The van der Waals surface area contributed by atoms with Crippen molar-refractivity contribution in [1.29, 1.82) is 0 Å². The molecule has 0 bridgehead atoms. The van der Waals surface area contributed by atoms with Crippen molar-refractivity contribution in [1.82, 2.24) is 10.2 Å². The largest absolute Gasteiger partial charge is 0.426 e. The number of unbranched alkanes of at least 4 members (excludes halogenated alkanes) is 9. The van der Waals surface area contributed by atoms with Gasteiger partial charge in [-0.2, -0.15) is 0 Å². The second-order valence-electron chi connectivity index (χ2n) is 14.8. The van der Waals surface area contributed by atoms with Crippen molar-refractivity contribution in [2.75, 3.05) is 25.0 Å². The summed E-state index contributed by atoms with van der Waals surface area (Å²) in [4.78, 5) is 54.0. The molecule has 3 amide bonds. The van der Waals surface area contributed by atoms with Crippen LogP contribution in [0.2, 0.25) is 0 Å². The minimum atomic E-state index is -0.580. The van der Waals surface area contributed by atoms with Crippen LogP contribution in [0.25, 0.3) is 10.8 Å². The van der Waals surface area contributed by atoms with Gasteiger partial charge in [0.1, 0.15) is 5.75 Å². The minimum Gasteiger partial charge on any atom is -0.426 e. The van der Waals surface area contributed by atoms with E-state index in [-0.39, 0.29) is 30.1 Å². The summed E-state index contributed by atoms with van der Waals surface area (Å²) in [6, 6.07) is 13.2. The number of rotatable bonds is 21. The molecule has 0 radical (unpaired) electrons. The molecule has 0 fully saturated rings. The van der Waals surface area contributed by atoms with Gasteiger partial charge in [0.15, 0.2) is 0 Å². The van der Waals surface area contributed by atoms with Crippen molar-refractivity contribution in [3.63, 3.8) is 0 Å². The van der Waals surface area contributed by atoms with Crippen LogP contribution in [0.15, 0.2) is 42.5 Å². The van der Waals surface area contributed by atoms with E-state index < -0.39 is 5.41 Å². The molecule has 1 heterocycles. The fourth-order valence-electron chi connectivity index (χ4n) is 7.40. The highest BCUT2D eigenvalue weighted by Gasteiger charge is 2.33. The number of ether oxygens (including phenoxy) is 1. The van der Waals surface area contributed by atoms with Gasteiger partial charge in [-0.15, -0.1) is 0 Å². The highest BCUT2D eigenvalue weighted by Crippen LogP contribution is 2.38. The van der Waals surface area contributed by atoms with Crippen LogP contribution in [0, 0.1) is 13.8 Å². The molecule has 4 rings (SSSR count). The Morgan fingerprint density at radius 2 is 1.43 bits per heavy atom. The number of esters is 1. The molecule has 0 unspecified atom stereocenters. The molecule has 0 saturated carbocycles. The topological polar surface area (TPSA) is 105 Å². The number of nitrogens with zero attached hydrogens (tertiary/aromatic N) is 1. The average molecular weight is 698 g/mol. The van der Waals surface area contributed by atoms with Gasteiger partial charge in [-0.25, -0.2) is 0 Å². The first-order chi connectivity index (χ1) is 24.5. The summed E-state index contributed by atoms with van der Waals surface area (Å²) in [5.41, 5.74) is 4.18. The van der Waals surface area contributed by atoms with Crippen molar-refractivity contribution < 1.29 is 23.9 Å². The Morgan fingerprint density at radius 3 is 2.12 bits per heavy atom. The third kappa shape index (κ3) is 10.4. The van der Waals surface area contributed by atoms with E-state index in [1.807, 2.05) is 58.9 Å². The first-order valence-corrected chi connectivity index (χ1v) is 19.2. The highest BCUT2D eigenvalue weighted by molar-refractivity contribution is 6.26. The Hall–Kier alpha value is -4.20. The van der Waals surface area contributed by atoms with E-state index in [4.69, 9.17) is 4.74 Å². The van der Waals surface area contributed by atoms with Crippen LogP contribution in [0.4, 0.5) is 5.69 Å². The van der Waals surface area contributed by atoms with Crippen LogP contribution in [-0.4, -0.2) is 48.2 Å². The third-order valence-electron chi connectivity index (χ3n) is 9.92. The summed E-state index contributed by atoms with van der Waals surface area (Å²) in [6.07, 6.45) is 13.0. The smallest absolute Gasteiger partial charge is 0.311 e. The van der Waals surface area contributed by atoms with E-state index in [0.717, 1.165) is 59.9 Å². The summed E-state index contributed by atoms with van der Waals surface area (Å²) in [6.45, 7) is 13.6. The van der Waals surface area contributed by atoms with Crippen LogP contribution in [0.3, 0.4) is 0 Å². The molecule has 3 aromatic carbocycles. The molecular weight excluding hydrogens is 638 g/mol. The van der Waals surface area contributed by atoms with Crippen molar-refractivity contribution >= 4 is 40.2 Å². The first-order valence-electron chi connectivity index (χ1n) is 19.2. The van der Waals surface area contributed by atoms with E-state index in [2.05, 4.69) is 23.6 Å². The summed E-state index contributed by atoms with van der Waals surface area (Å²) in [7, 11) is 0. The Balaban J connectivity index is 1.31. The number of aryl methyl sites for hydroxylation is 2. The molecule has 2 N–H and O–H groups in total. The van der Waals surface area contributed by atoms with Gasteiger partial charge in [-0.05, 0) is 62.1 Å². The van der Waals surface area contributed by atoms with E-state index in [1.54, 1.807) is 12.1 Å². The van der Waals surface area contributed by atoms with Gasteiger partial charge >= 0.3 is 5.97 Å². The van der Waals surface area contributed by atoms with Gasteiger partial charge in [0.2, 0.25) is 5.91 Å². The number of imide groups is 1. The van der Waals surface area contributed by atoms with E-state index in [1.165, 1.54) is 43.4 Å². The fourth-order valence-corrected chi connectivity index (χ4v) is 7.40. The molecule has 8 nitrogen and oxygen atoms in total. The second kappa shape index (κ2) is 18.9. The third-order valence-corrected chi connectivity index (χ3v) is 9.92. The average Bonchev–Trinajstić information content (AvgIpc) is 3.07. The molecule has 3 aromatic rings. The molecule has 276 valence electrons. The second-order valence-corrected chi connectivity index (χ2v) is 14.8. The lowest BCUT2D eigenvalue weighted by Gasteiger charge is -2.29. The zero-order valence-corrected chi connectivity index (χ0v) is 31.8. The molecule has 8 heteroatoms.